The molecule has 0 fully saturated rings. The first-order valence-electron chi connectivity index (χ1n) is 7.01. The molecule has 0 saturated carbocycles. The van der Waals surface area contributed by atoms with Gasteiger partial charge in [0.2, 0.25) is 0 Å². The van der Waals surface area contributed by atoms with Gasteiger partial charge in [-0.1, -0.05) is 37.3 Å². The number of aliphatic hydroxyl groups is 1. The van der Waals surface area contributed by atoms with Crippen LogP contribution in [0.15, 0.2) is 42.5 Å². The number of anilines is 1. The normalized spacial score (nSPS) is 12.9. The van der Waals surface area contributed by atoms with E-state index < -0.39 is 6.10 Å². The Morgan fingerprint density at radius 2 is 1.85 bits per heavy atom. The van der Waals surface area contributed by atoms with Crippen LogP contribution in [-0.4, -0.2) is 5.11 Å². The van der Waals surface area contributed by atoms with Crippen LogP contribution in [0, 0.1) is 6.92 Å². The van der Waals surface area contributed by atoms with Crippen molar-refractivity contribution in [1.82, 2.24) is 0 Å². The topological polar surface area (TPSA) is 46.2 Å². The van der Waals surface area contributed by atoms with Gasteiger partial charge >= 0.3 is 0 Å². The van der Waals surface area contributed by atoms with Gasteiger partial charge in [0.1, 0.15) is 0 Å². The Hall–Kier alpha value is -2.06. The molecule has 1 atom stereocenters. The van der Waals surface area contributed by atoms with E-state index in [9.17, 15) is 5.11 Å². The minimum Gasteiger partial charge on any atom is -0.398 e. The van der Waals surface area contributed by atoms with Crippen molar-refractivity contribution in [3.8, 4) is 0 Å². The molecule has 3 aromatic rings. The van der Waals surface area contributed by atoms with E-state index in [-0.39, 0.29) is 0 Å². The van der Waals surface area contributed by atoms with Crippen LogP contribution in [0.25, 0.3) is 21.5 Å². The Bertz CT molecular complexity index is 792. The van der Waals surface area contributed by atoms with Gasteiger partial charge in [0.15, 0.2) is 0 Å². The summed E-state index contributed by atoms with van der Waals surface area (Å²) in [4.78, 5) is 0. The molecular weight excluding hydrogens is 246 g/mol. The maximum Gasteiger partial charge on any atom is 0.0807 e. The molecule has 20 heavy (non-hydrogen) atoms. The van der Waals surface area contributed by atoms with Crippen molar-refractivity contribution < 1.29 is 5.11 Å². The van der Waals surface area contributed by atoms with Crippen LogP contribution in [0.1, 0.15) is 30.6 Å². The van der Waals surface area contributed by atoms with Crippen molar-refractivity contribution in [2.45, 2.75) is 26.4 Å². The summed E-state index contributed by atoms with van der Waals surface area (Å²) >= 11 is 0. The van der Waals surface area contributed by atoms with Crippen molar-refractivity contribution >= 4 is 27.2 Å². The maximum absolute atomic E-state index is 10.0. The smallest absolute Gasteiger partial charge is 0.0807 e. The Morgan fingerprint density at radius 3 is 2.60 bits per heavy atom. The molecule has 102 valence electrons. The highest BCUT2D eigenvalue weighted by Gasteiger charge is 2.11. The highest BCUT2D eigenvalue weighted by molar-refractivity contribution is 6.09. The molecule has 0 heterocycles. The highest BCUT2D eigenvalue weighted by atomic mass is 16.3. The van der Waals surface area contributed by atoms with Gasteiger partial charge in [0.25, 0.3) is 0 Å². The van der Waals surface area contributed by atoms with Gasteiger partial charge in [0, 0.05) is 11.3 Å². The van der Waals surface area contributed by atoms with Crippen molar-refractivity contribution in [2.75, 3.05) is 5.73 Å². The number of nitrogens with two attached hydrogens (primary N) is 1. The fraction of sp³-hybridized carbons (Fsp3) is 0.222. The number of nitrogen functional groups attached to an aromatic ring is 1. The Labute approximate surface area is 118 Å². The second-order valence-corrected chi connectivity index (χ2v) is 5.36. The molecule has 1 unspecified atom stereocenters. The molecule has 0 aromatic heterocycles. The summed E-state index contributed by atoms with van der Waals surface area (Å²) in [5, 5.41) is 14.8. The number of hydrogen-bond acceptors (Lipinski definition) is 2. The molecule has 0 aliphatic rings. The number of fused-ring (bicyclic) bond motifs is 3. The van der Waals surface area contributed by atoms with Crippen LogP contribution in [0.2, 0.25) is 0 Å². The van der Waals surface area contributed by atoms with E-state index in [1.165, 1.54) is 16.3 Å². The zero-order valence-electron chi connectivity index (χ0n) is 11.9. The van der Waals surface area contributed by atoms with E-state index in [2.05, 4.69) is 37.3 Å². The zero-order chi connectivity index (χ0) is 14.3. The van der Waals surface area contributed by atoms with Crippen molar-refractivity contribution in [1.29, 1.82) is 0 Å². The van der Waals surface area contributed by atoms with Crippen molar-refractivity contribution in [3.05, 3.63) is 53.6 Å². The van der Waals surface area contributed by atoms with Crippen LogP contribution in [-0.2, 0) is 0 Å². The second kappa shape index (κ2) is 4.80. The van der Waals surface area contributed by atoms with Crippen molar-refractivity contribution in [3.63, 3.8) is 0 Å². The molecule has 0 aliphatic heterocycles. The minimum atomic E-state index is -0.493. The lowest BCUT2D eigenvalue weighted by Crippen LogP contribution is -2.01. The van der Waals surface area contributed by atoms with E-state index in [1.54, 1.807) is 0 Å². The van der Waals surface area contributed by atoms with E-state index in [0.29, 0.717) is 12.1 Å². The summed E-state index contributed by atoms with van der Waals surface area (Å²) in [5.41, 5.74) is 8.89. The summed E-state index contributed by atoms with van der Waals surface area (Å²) in [6.07, 6.45) is 0.176. The average molecular weight is 265 g/mol. The van der Waals surface area contributed by atoms with Gasteiger partial charge in [-0.3, -0.25) is 0 Å². The monoisotopic (exact) mass is 265 g/mol. The molecule has 2 nitrogen and oxygen atoms in total. The van der Waals surface area contributed by atoms with Crippen molar-refractivity contribution in [2.24, 2.45) is 0 Å². The van der Waals surface area contributed by atoms with Gasteiger partial charge in [-0.15, -0.1) is 0 Å². The number of rotatable bonds is 2. The van der Waals surface area contributed by atoms with Crippen LogP contribution in [0.4, 0.5) is 5.69 Å². The highest BCUT2D eigenvalue weighted by Crippen LogP contribution is 2.33. The summed E-state index contributed by atoms with van der Waals surface area (Å²) in [7, 11) is 0. The van der Waals surface area contributed by atoms with Crippen LogP contribution in [0.3, 0.4) is 0 Å². The Morgan fingerprint density at radius 1 is 1.05 bits per heavy atom. The fourth-order valence-electron chi connectivity index (χ4n) is 2.84. The predicted octanol–water partition coefficient (Wildman–Crippen LogP) is 4.33. The molecule has 3 rings (SSSR count). The third kappa shape index (κ3) is 1.93. The van der Waals surface area contributed by atoms with E-state index in [4.69, 9.17) is 5.73 Å². The fourth-order valence-corrected chi connectivity index (χ4v) is 2.84. The van der Waals surface area contributed by atoms with E-state index in [1.807, 2.05) is 19.1 Å². The SMILES string of the molecule is CCC(O)c1cc2ccc3c(C)cccc3c2cc1N. The summed E-state index contributed by atoms with van der Waals surface area (Å²) in [5.74, 6) is 0. The maximum atomic E-state index is 10.0. The summed E-state index contributed by atoms with van der Waals surface area (Å²) in [6.45, 7) is 4.07. The van der Waals surface area contributed by atoms with E-state index in [0.717, 1.165) is 16.3 Å². The lowest BCUT2D eigenvalue weighted by atomic mass is 9.95. The third-order valence-corrected chi connectivity index (χ3v) is 4.04. The summed E-state index contributed by atoms with van der Waals surface area (Å²) < 4.78 is 0. The second-order valence-electron chi connectivity index (χ2n) is 5.36. The standard InChI is InChI=1S/C18H19NO/c1-3-18(20)16-9-12-7-8-13-11(2)5-4-6-14(13)15(12)10-17(16)19/h4-10,18,20H,3,19H2,1-2H3. The lowest BCUT2D eigenvalue weighted by Gasteiger charge is -2.14. The molecule has 0 aliphatic carbocycles. The van der Waals surface area contributed by atoms with Gasteiger partial charge in [-0.2, -0.15) is 0 Å². The van der Waals surface area contributed by atoms with E-state index >= 15 is 0 Å². The van der Waals surface area contributed by atoms with Gasteiger partial charge < -0.3 is 10.8 Å². The number of aliphatic hydroxyl groups excluding tert-OH is 1. The molecule has 3 N–H and O–H groups in total. The molecular formula is C18H19NO. The zero-order valence-corrected chi connectivity index (χ0v) is 11.9. The Kier molecular flexibility index (Phi) is 3.11. The molecule has 0 spiro atoms. The minimum absolute atomic E-state index is 0.493. The quantitative estimate of drug-likeness (QED) is 0.535. The first kappa shape index (κ1) is 12.9. The van der Waals surface area contributed by atoms with Gasteiger partial charge in [-0.25, -0.2) is 0 Å². The Balaban J connectivity index is 2.36. The van der Waals surface area contributed by atoms with Gasteiger partial charge in [0.05, 0.1) is 6.10 Å². The third-order valence-electron chi connectivity index (χ3n) is 4.04. The largest absolute Gasteiger partial charge is 0.398 e. The summed E-state index contributed by atoms with van der Waals surface area (Å²) in [6, 6.07) is 14.6. The molecule has 0 saturated heterocycles. The van der Waals surface area contributed by atoms with Crippen LogP contribution in [0.5, 0.6) is 0 Å². The molecule has 0 radical (unpaired) electrons. The predicted molar refractivity (Wildman–Crippen MR) is 85.9 cm³/mol. The number of aryl methyl sites for hydroxylation is 1. The first-order chi connectivity index (χ1) is 9.61. The van der Waals surface area contributed by atoms with Gasteiger partial charge in [-0.05, 0) is 52.6 Å². The lowest BCUT2D eigenvalue weighted by molar-refractivity contribution is 0.174. The number of benzene rings is 3. The average Bonchev–Trinajstić information content (AvgIpc) is 2.46. The first-order valence-corrected chi connectivity index (χ1v) is 7.01. The molecule has 0 amide bonds. The molecule has 0 bridgehead atoms. The molecule has 2 heteroatoms. The molecule has 3 aromatic carbocycles. The number of hydrogen-bond donors (Lipinski definition) is 2. The van der Waals surface area contributed by atoms with Crippen LogP contribution < -0.4 is 5.73 Å². The van der Waals surface area contributed by atoms with Crippen LogP contribution >= 0.6 is 0 Å².